The molecule has 3 aromatic carbocycles. The lowest BCUT2D eigenvalue weighted by Gasteiger charge is -2.11. The molecule has 0 atom stereocenters. The van der Waals surface area contributed by atoms with Crippen LogP contribution < -0.4 is 5.32 Å². The minimum absolute atomic E-state index is 0.265. The van der Waals surface area contributed by atoms with E-state index < -0.39 is 5.97 Å². The number of nitrogens with one attached hydrogen (secondary N) is 1. The van der Waals surface area contributed by atoms with Gasteiger partial charge in [-0.1, -0.05) is 54.6 Å². The molecule has 0 saturated heterocycles. The highest BCUT2D eigenvalue weighted by Crippen LogP contribution is 2.22. The number of carboxylic acid groups (broad SMARTS) is 1. The molecule has 3 nitrogen and oxygen atoms in total. The maximum absolute atomic E-state index is 11.3. The molecule has 0 saturated carbocycles. The lowest BCUT2D eigenvalue weighted by molar-refractivity contribution is 0.0698. The van der Waals surface area contributed by atoms with Crippen LogP contribution in [0.3, 0.4) is 0 Å². The zero-order valence-corrected chi connectivity index (χ0v) is 12.6. The molecule has 0 amide bonds. The topological polar surface area (TPSA) is 49.3 Å². The molecule has 0 unspecified atom stereocenters. The van der Waals surface area contributed by atoms with Gasteiger partial charge in [0.25, 0.3) is 0 Å². The van der Waals surface area contributed by atoms with Crippen molar-refractivity contribution in [2.75, 3.05) is 5.32 Å². The van der Waals surface area contributed by atoms with Crippen LogP contribution in [0.1, 0.15) is 21.5 Å². The largest absolute Gasteiger partial charge is 0.478 e. The molecule has 2 N–H and O–H groups in total. The predicted octanol–water partition coefficient (Wildman–Crippen LogP) is 4.72. The number of rotatable bonds is 5. The van der Waals surface area contributed by atoms with Gasteiger partial charge in [0.15, 0.2) is 0 Å². The van der Waals surface area contributed by atoms with Gasteiger partial charge in [0.1, 0.15) is 0 Å². The Bertz CT molecular complexity index is 813. The first-order valence-electron chi connectivity index (χ1n) is 7.44. The summed E-state index contributed by atoms with van der Waals surface area (Å²) < 4.78 is 0. The van der Waals surface area contributed by atoms with Crippen LogP contribution in [0.2, 0.25) is 0 Å². The SMILES string of the molecule is O=C(O)c1ccccc1Nc1cccc(Cc2ccccc2)c1. The van der Waals surface area contributed by atoms with Crippen molar-refractivity contribution in [3.63, 3.8) is 0 Å². The number of para-hydroxylation sites is 1. The molecule has 3 rings (SSSR count). The Kier molecular flexibility index (Phi) is 4.39. The van der Waals surface area contributed by atoms with E-state index in [4.69, 9.17) is 0 Å². The zero-order chi connectivity index (χ0) is 16.1. The average Bonchev–Trinajstić information content (AvgIpc) is 2.56. The van der Waals surface area contributed by atoms with E-state index in [1.165, 1.54) is 11.1 Å². The number of hydrogen-bond acceptors (Lipinski definition) is 2. The second kappa shape index (κ2) is 6.79. The molecule has 23 heavy (non-hydrogen) atoms. The molecule has 0 fully saturated rings. The monoisotopic (exact) mass is 303 g/mol. The van der Waals surface area contributed by atoms with Crippen molar-refractivity contribution in [1.29, 1.82) is 0 Å². The Balaban J connectivity index is 1.82. The second-order valence-corrected chi connectivity index (χ2v) is 5.34. The van der Waals surface area contributed by atoms with Crippen molar-refractivity contribution in [2.45, 2.75) is 6.42 Å². The van der Waals surface area contributed by atoms with E-state index >= 15 is 0 Å². The lowest BCUT2D eigenvalue weighted by atomic mass is 10.0. The Hall–Kier alpha value is -3.07. The number of carbonyl (C=O) groups is 1. The van der Waals surface area contributed by atoms with Gasteiger partial charge in [-0.25, -0.2) is 4.79 Å². The first-order valence-corrected chi connectivity index (χ1v) is 7.44. The van der Waals surface area contributed by atoms with Crippen LogP contribution in [0.5, 0.6) is 0 Å². The molecule has 0 aliphatic heterocycles. The summed E-state index contributed by atoms with van der Waals surface area (Å²) in [6.45, 7) is 0. The van der Waals surface area contributed by atoms with Gasteiger partial charge in [-0.05, 0) is 41.8 Å². The summed E-state index contributed by atoms with van der Waals surface area (Å²) in [4.78, 5) is 11.3. The molecule has 0 aliphatic rings. The molecule has 0 aromatic heterocycles. The molecule has 3 heteroatoms. The normalized spacial score (nSPS) is 10.3. The maximum atomic E-state index is 11.3. The van der Waals surface area contributed by atoms with Gasteiger partial charge < -0.3 is 10.4 Å². The predicted molar refractivity (Wildman–Crippen MR) is 92.4 cm³/mol. The van der Waals surface area contributed by atoms with Gasteiger partial charge in [-0.3, -0.25) is 0 Å². The van der Waals surface area contributed by atoms with Crippen molar-refractivity contribution in [3.05, 3.63) is 95.6 Å². The molecule has 0 bridgehead atoms. The van der Waals surface area contributed by atoms with E-state index in [0.29, 0.717) is 5.69 Å². The summed E-state index contributed by atoms with van der Waals surface area (Å²) in [7, 11) is 0. The number of carboxylic acids is 1. The van der Waals surface area contributed by atoms with Gasteiger partial charge in [0.2, 0.25) is 0 Å². The van der Waals surface area contributed by atoms with Crippen molar-refractivity contribution in [3.8, 4) is 0 Å². The number of aromatic carboxylic acids is 1. The smallest absolute Gasteiger partial charge is 0.337 e. The summed E-state index contributed by atoms with van der Waals surface area (Å²) in [5.74, 6) is -0.937. The van der Waals surface area contributed by atoms with E-state index in [-0.39, 0.29) is 5.56 Å². The van der Waals surface area contributed by atoms with Crippen LogP contribution >= 0.6 is 0 Å². The number of hydrogen-bond donors (Lipinski definition) is 2. The summed E-state index contributed by atoms with van der Waals surface area (Å²) in [5, 5.41) is 12.5. The van der Waals surface area contributed by atoms with E-state index in [1.807, 2.05) is 42.5 Å². The van der Waals surface area contributed by atoms with Crippen molar-refractivity contribution >= 4 is 17.3 Å². The molecule has 0 aliphatic carbocycles. The molecular weight excluding hydrogens is 286 g/mol. The van der Waals surface area contributed by atoms with Crippen LogP contribution in [0, 0.1) is 0 Å². The number of benzene rings is 3. The van der Waals surface area contributed by atoms with Gasteiger partial charge >= 0.3 is 5.97 Å². The van der Waals surface area contributed by atoms with Gasteiger partial charge in [0.05, 0.1) is 11.3 Å². The fraction of sp³-hybridized carbons (Fsp3) is 0.0500. The minimum atomic E-state index is -0.937. The highest BCUT2D eigenvalue weighted by molar-refractivity contribution is 5.95. The Morgan fingerprint density at radius 2 is 1.52 bits per heavy atom. The minimum Gasteiger partial charge on any atom is -0.478 e. The number of anilines is 2. The third kappa shape index (κ3) is 3.77. The van der Waals surface area contributed by atoms with Gasteiger partial charge in [-0.15, -0.1) is 0 Å². The van der Waals surface area contributed by atoms with Gasteiger partial charge in [-0.2, -0.15) is 0 Å². The molecular formula is C20H17NO2. The van der Waals surface area contributed by atoms with Crippen molar-refractivity contribution < 1.29 is 9.90 Å². The van der Waals surface area contributed by atoms with Gasteiger partial charge in [0, 0.05) is 5.69 Å². The van der Waals surface area contributed by atoms with E-state index in [1.54, 1.807) is 18.2 Å². The summed E-state index contributed by atoms with van der Waals surface area (Å²) in [6, 6.07) is 25.2. The highest BCUT2D eigenvalue weighted by atomic mass is 16.4. The van der Waals surface area contributed by atoms with Crippen LogP contribution in [0.4, 0.5) is 11.4 Å². The first kappa shape index (κ1) is 14.9. The van der Waals surface area contributed by atoms with Crippen LogP contribution in [0.15, 0.2) is 78.9 Å². The summed E-state index contributed by atoms with van der Waals surface area (Å²) in [5.41, 5.74) is 4.16. The van der Waals surface area contributed by atoms with Crippen LogP contribution in [-0.4, -0.2) is 11.1 Å². The molecule has 114 valence electrons. The van der Waals surface area contributed by atoms with Crippen LogP contribution in [-0.2, 0) is 6.42 Å². The standard InChI is InChI=1S/C20H17NO2/c22-20(23)18-11-4-5-12-19(18)21-17-10-6-9-16(14-17)13-15-7-2-1-3-8-15/h1-12,14,21H,13H2,(H,22,23). The van der Waals surface area contributed by atoms with Crippen LogP contribution in [0.25, 0.3) is 0 Å². The average molecular weight is 303 g/mol. The Labute approximate surface area is 135 Å². The first-order chi connectivity index (χ1) is 11.2. The lowest BCUT2D eigenvalue weighted by Crippen LogP contribution is -2.02. The second-order valence-electron chi connectivity index (χ2n) is 5.34. The summed E-state index contributed by atoms with van der Waals surface area (Å²) in [6.07, 6.45) is 0.844. The van der Waals surface area contributed by atoms with E-state index in [0.717, 1.165) is 12.1 Å². The fourth-order valence-electron chi connectivity index (χ4n) is 2.52. The van der Waals surface area contributed by atoms with E-state index in [2.05, 4.69) is 23.5 Å². The molecule has 3 aromatic rings. The zero-order valence-electron chi connectivity index (χ0n) is 12.6. The molecule has 0 radical (unpaired) electrons. The molecule has 0 heterocycles. The maximum Gasteiger partial charge on any atom is 0.337 e. The highest BCUT2D eigenvalue weighted by Gasteiger charge is 2.09. The van der Waals surface area contributed by atoms with Crippen molar-refractivity contribution in [2.24, 2.45) is 0 Å². The molecule has 0 spiro atoms. The quantitative estimate of drug-likeness (QED) is 0.717. The third-order valence-corrected chi connectivity index (χ3v) is 3.61. The van der Waals surface area contributed by atoms with E-state index in [9.17, 15) is 9.90 Å². The summed E-state index contributed by atoms with van der Waals surface area (Å²) >= 11 is 0. The van der Waals surface area contributed by atoms with Crippen molar-refractivity contribution in [1.82, 2.24) is 0 Å². The fourth-order valence-corrected chi connectivity index (χ4v) is 2.52. The Morgan fingerprint density at radius 3 is 2.30 bits per heavy atom. The third-order valence-electron chi connectivity index (χ3n) is 3.61. The Morgan fingerprint density at radius 1 is 0.826 bits per heavy atom.